The Bertz CT molecular complexity index is 1110. The van der Waals surface area contributed by atoms with Crippen molar-refractivity contribution in [2.45, 2.75) is 51.3 Å². The number of hydrogen-bond donors (Lipinski definition) is 1. The molecule has 166 valence electrons. The van der Waals surface area contributed by atoms with Crippen LogP contribution in [0.1, 0.15) is 42.9 Å². The Morgan fingerprint density at radius 1 is 1.23 bits per heavy atom. The van der Waals surface area contributed by atoms with E-state index >= 15 is 4.39 Å². The van der Waals surface area contributed by atoms with Crippen LogP contribution in [0.2, 0.25) is 0 Å². The molecule has 1 aliphatic heterocycles. The first-order valence-corrected chi connectivity index (χ1v) is 9.55. The molecule has 0 aliphatic carbocycles. The van der Waals surface area contributed by atoms with Gasteiger partial charge in [-0.15, -0.1) is 0 Å². The highest BCUT2D eigenvalue weighted by molar-refractivity contribution is 5.89. The summed E-state index contributed by atoms with van der Waals surface area (Å²) in [5.74, 6) is -1.45. The van der Waals surface area contributed by atoms with Crippen LogP contribution in [0, 0.1) is 6.92 Å². The number of nitrogens with zero attached hydrogens (tertiary/aromatic N) is 1. The van der Waals surface area contributed by atoms with Crippen molar-refractivity contribution in [2.24, 2.45) is 0 Å². The molecule has 1 aromatic heterocycles. The van der Waals surface area contributed by atoms with Gasteiger partial charge in [0.1, 0.15) is 12.7 Å². The molecule has 0 bridgehead atoms. The SMILES string of the molecule is CC(=O)O[C@]1(C)[C@@H](COC(=O)c2ccccc2)O[C@H](n2cc(C)c(=O)[nH]c2=O)[C@]1(C)F. The lowest BCUT2D eigenvalue weighted by atomic mass is 9.84. The minimum Gasteiger partial charge on any atom is -0.459 e. The Labute approximate surface area is 176 Å². The fraction of sp³-hybridized carbons (Fsp3) is 0.429. The number of nitrogens with one attached hydrogen (secondary N) is 1. The number of aryl methyl sites for hydroxylation is 1. The smallest absolute Gasteiger partial charge is 0.338 e. The molecule has 1 N–H and O–H groups in total. The number of aromatic nitrogens is 2. The number of alkyl halides is 1. The fourth-order valence-corrected chi connectivity index (χ4v) is 3.53. The second kappa shape index (κ2) is 8.10. The van der Waals surface area contributed by atoms with Crippen molar-refractivity contribution in [3.63, 3.8) is 0 Å². The largest absolute Gasteiger partial charge is 0.459 e. The van der Waals surface area contributed by atoms with Gasteiger partial charge in [-0.25, -0.2) is 14.0 Å². The minimum atomic E-state index is -2.42. The fourth-order valence-electron chi connectivity index (χ4n) is 3.53. The van der Waals surface area contributed by atoms with E-state index in [4.69, 9.17) is 14.2 Å². The highest BCUT2D eigenvalue weighted by Gasteiger charge is 2.66. The van der Waals surface area contributed by atoms with Gasteiger partial charge in [0.15, 0.2) is 17.5 Å². The summed E-state index contributed by atoms with van der Waals surface area (Å²) in [5, 5.41) is 0. The van der Waals surface area contributed by atoms with Crippen molar-refractivity contribution in [3.8, 4) is 0 Å². The van der Waals surface area contributed by atoms with Gasteiger partial charge in [0, 0.05) is 18.7 Å². The van der Waals surface area contributed by atoms with Crippen LogP contribution < -0.4 is 11.2 Å². The third-order valence-electron chi connectivity index (χ3n) is 5.47. The molecular formula is C21H23FN2O7. The normalized spacial score (nSPS) is 27.6. The molecule has 4 atom stereocenters. The van der Waals surface area contributed by atoms with E-state index < -0.39 is 53.4 Å². The van der Waals surface area contributed by atoms with E-state index in [9.17, 15) is 19.2 Å². The molecule has 31 heavy (non-hydrogen) atoms. The van der Waals surface area contributed by atoms with Crippen LogP contribution in [0.4, 0.5) is 4.39 Å². The number of ether oxygens (including phenoxy) is 3. The summed E-state index contributed by atoms with van der Waals surface area (Å²) in [6, 6.07) is 8.15. The molecule has 3 rings (SSSR count). The summed E-state index contributed by atoms with van der Waals surface area (Å²) in [6.45, 7) is 4.54. The Balaban J connectivity index is 1.95. The number of esters is 2. The quantitative estimate of drug-likeness (QED) is 0.711. The molecule has 2 aromatic rings. The van der Waals surface area contributed by atoms with Gasteiger partial charge in [0.25, 0.3) is 5.56 Å². The van der Waals surface area contributed by atoms with Gasteiger partial charge in [-0.1, -0.05) is 18.2 Å². The maximum atomic E-state index is 16.1. The first kappa shape index (κ1) is 22.4. The van der Waals surface area contributed by atoms with E-state index in [1.807, 2.05) is 0 Å². The summed E-state index contributed by atoms with van der Waals surface area (Å²) in [5.41, 5.74) is -5.39. The van der Waals surface area contributed by atoms with E-state index in [-0.39, 0.29) is 11.1 Å². The van der Waals surface area contributed by atoms with Crippen molar-refractivity contribution >= 4 is 11.9 Å². The lowest BCUT2D eigenvalue weighted by Crippen LogP contribution is -2.55. The second-order valence-electron chi connectivity index (χ2n) is 7.70. The molecule has 0 spiro atoms. The summed E-state index contributed by atoms with van der Waals surface area (Å²) in [4.78, 5) is 50.1. The topological polar surface area (TPSA) is 117 Å². The lowest BCUT2D eigenvalue weighted by molar-refractivity contribution is -0.175. The summed E-state index contributed by atoms with van der Waals surface area (Å²) in [6.07, 6.45) is -1.63. The predicted octanol–water partition coefficient (Wildman–Crippen LogP) is 1.65. The number of rotatable bonds is 5. The van der Waals surface area contributed by atoms with Crippen LogP contribution in [-0.4, -0.2) is 45.5 Å². The number of aromatic amines is 1. The van der Waals surface area contributed by atoms with Gasteiger partial charge in [-0.05, 0) is 32.9 Å². The average Bonchev–Trinajstić information content (AvgIpc) is 2.89. The number of hydrogen-bond acceptors (Lipinski definition) is 7. The lowest BCUT2D eigenvalue weighted by Gasteiger charge is -2.36. The molecule has 1 aliphatic rings. The average molecular weight is 434 g/mol. The van der Waals surface area contributed by atoms with Gasteiger partial charge in [-0.2, -0.15) is 0 Å². The molecule has 10 heteroatoms. The Morgan fingerprint density at radius 2 is 1.87 bits per heavy atom. The van der Waals surface area contributed by atoms with Crippen LogP contribution in [-0.2, 0) is 19.0 Å². The first-order valence-electron chi connectivity index (χ1n) is 9.55. The van der Waals surface area contributed by atoms with E-state index in [1.165, 1.54) is 13.8 Å². The van der Waals surface area contributed by atoms with Crippen molar-refractivity contribution in [1.82, 2.24) is 9.55 Å². The molecule has 1 fully saturated rings. The Hall–Kier alpha value is -3.27. The predicted molar refractivity (Wildman–Crippen MR) is 106 cm³/mol. The van der Waals surface area contributed by atoms with Crippen molar-refractivity contribution in [1.29, 1.82) is 0 Å². The summed E-state index contributed by atoms with van der Waals surface area (Å²) >= 11 is 0. The van der Waals surface area contributed by atoms with Crippen molar-refractivity contribution in [2.75, 3.05) is 6.61 Å². The van der Waals surface area contributed by atoms with Gasteiger partial charge in [-0.3, -0.25) is 19.1 Å². The van der Waals surface area contributed by atoms with Crippen LogP contribution in [0.3, 0.4) is 0 Å². The molecule has 1 saturated heterocycles. The molecular weight excluding hydrogens is 411 g/mol. The maximum absolute atomic E-state index is 16.1. The van der Waals surface area contributed by atoms with E-state index in [0.29, 0.717) is 0 Å². The first-order chi connectivity index (χ1) is 14.5. The third-order valence-corrected chi connectivity index (χ3v) is 5.47. The van der Waals surface area contributed by atoms with Crippen LogP contribution in [0.15, 0.2) is 46.1 Å². The van der Waals surface area contributed by atoms with Crippen LogP contribution >= 0.6 is 0 Å². The minimum absolute atomic E-state index is 0.159. The van der Waals surface area contributed by atoms with Crippen LogP contribution in [0.5, 0.6) is 0 Å². The zero-order valence-electron chi connectivity index (χ0n) is 17.5. The van der Waals surface area contributed by atoms with Crippen molar-refractivity contribution < 1.29 is 28.2 Å². The summed E-state index contributed by atoms with van der Waals surface area (Å²) < 4.78 is 33.3. The standard InChI is InChI=1S/C21H23FN2O7/c1-12-10-24(19(28)23-16(12)26)18-20(3,22)21(4,31-13(2)25)15(30-18)11-29-17(27)14-8-6-5-7-9-14/h5-10,15,18H,11H2,1-4H3,(H,23,26,28)/t15-,18+,20+,21-/m1/s1. The molecule has 9 nitrogen and oxygen atoms in total. The molecule has 0 radical (unpaired) electrons. The third kappa shape index (κ3) is 4.02. The van der Waals surface area contributed by atoms with E-state index in [1.54, 1.807) is 30.3 Å². The molecule has 0 saturated carbocycles. The number of benzene rings is 1. The van der Waals surface area contributed by atoms with Gasteiger partial charge in [0.2, 0.25) is 0 Å². The number of carbonyl (C=O) groups excluding carboxylic acids is 2. The zero-order chi connectivity index (χ0) is 23.0. The maximum Gasteiger partial charge on any atom is 0.338 e. The highest BCUT2D eigenvalue weighted by Crippen LogP contribution is 2.50. The Kier molecular flexibility index (Phi) is 5.86. The molecule has 0 unspecified atom stereocenters. The van der Waals surface area contributed by atoms with E-state index in [0.717, 1.165) is 24.6 Å². The molecule has 2 heterocycles. The monoisotopic (exact) mass is 434 g/mol. The van der Waals surface area contributed by atoms with Crippen molar-refractivity contribution in [3.05, 3.63) is 68.5 Å². The van der Waals surface area contributed by atoms with Gasteiger partial charge < -0.3 is 14.2 Å². The highest BCUT2D eigenvalue weighted by atomic mass is 19.1. The number of halogens is 1. The molecule has 0 amide bonds. The number of H-pyrrole nitrogens is 1. The number of carbonyl (C=O) groups is 2. The molecule has 1 aromatic carbocycles. The Morgan fingerprint density at radius 3 is 2.48 bits per heavy atom. The second-order valence-corrected chi connectivity index (χ2v) is 7.70. The van der Waals surface area contributed by atoms with E-state index in [2.05, 4.69) is 4.98 Å². The zero-order valence-corrected chi connectivity index (χ0v) is 17.5. The van der Waals surface area contributed by atoms with Gasteiger partial charge >= 0.3 is 17.6 Å². The summed E-state index contributed by atoms with van der Waals surface area (Å²) in [7, 11) is 0. The van der Waals surface area contributed by atoms with Crippen LogP contribution in [0.25, 0.3) is 0 Å². The van der Waals surface area contributed by atoms with Gasteiger partial charge in [0.05, 0.1) is 5.56 Å².